The molecule has 19 heavy (non-hydrogen) atoms. The van der Waals surface area contributed by atoms with E-state index in [1.54, 1.807) is 6.26 Å². The predicted octanol–water partition coefficient (Wildman–Crippen LogP) is 2.31. The van der Waals surface area contributed by atoms with Crippen molar-refractivity contribution in [3.8, 4) is 0 Å². The fraction of sp³-hybridized carbons (Fsp3) is 0.214. The molecule has 100 valence electrons. The van der Waals surface area contributed by atoms with Gasteiger partial charge in [0.05, 0.1) is 6.26 Å². The number of nitrogens with one attached hydrogen (secondary N) is 1. The Labute approximate surface area is 120 Å². The van der Waals surface area contributed by atoms with Crippen LogP contribution in [0.1, 0.15) is 18.7 Å². The van der Waals surface area contributed by atoms with E-state index in [0.717, 1.165) is 15.9 Å². The van der Waals surface area contributed by atoms with Crippen molar-refractivity contribution in [1.82, 2.24) is 0 Å². The van der Waals surface area contributed by atoms with E-state index < -0.39 is 0 Å². The minimum absolute atomic E-state index is 0.0310. The molecule has 1 heterocycles. The maximum Gasteiger partial charge on any atom is 0.279 e. The van der Waals surface area contributed by atoms with Gasteiger partial charge >= 0.3 is 0 Å². The zero-order valence-electron chi connectivity index (χ0n) is 10.6. The van der Waals surface area contributed by atoms with Gasteiger partial charge in [0.1, 0.15) is 6.04 Å². The number of amides is 1. The second-order valence-corrected chi connectivity index (χ2v) is 5.22. The summed E-state index contributed by atoms with van der Waals surface area (Å²) in [6.07, 6.45) is 1.64. The van der Waals surface area contributed by atoms with Crippen molar-refractivity contribution in [3.05, 3.63) is 52.9 Å². The summed E-state index contributed by atoms with van der Waals surface area (Å²) in [5.41, 5.74) is 0.790. The van der Waals surface area contributed by atoms with Gasteiger partial charge in [0.2, 0.25) is 0 Å². The van der Waals surface area contributed by atoms with E-state index in [1.807, 2.05) is 48.6 Å². The lowest BCUT2D eigenvalue weighted by Crippen LogP contribution is -2.86. The molecule has 3 N–H and O–H groups in total. The summed E-state index contributed by atoms with van der Waals surface area (Å²) in [6, 6.07) is 11.4. The van der Waals surface area contributed by atoms with Crippen molar-refractivity contribution < 1.29 is 14.5 Å². The first-order valence-corrected chi connectivity index (χ1v) is 6.86. The number of nitrogens with two attached hydrogens (primary N) is 1. The average Bonchev–Trinajstić information content (AvgIpc) is 2.90. The molecular weight excluding hydrogens is 308 g/mol. The number of quaternary nitrogens is 1. The summed E-state index contributed by atoms with van der Waals surface area (Å²) < 4.78 is 6.24. The number of furan rings is 1. The number of rotatable bonds is 5. The number of carbonyl (C=O) groups is 1. The largest absolute Gasteiger partial charge is 0.463 e. The molecule has 1 aromatic carbocycles. The normalized spacial score (nSPS) is 12.1. The second-order valence-electron chi connectivity index (χ2n) is 4.30. The van der Waals surface area contributed by atoms with Crippen molar-refractivity contribution in [2.45, 2.75) is 13.0 Å². The number of hydrogen-bond acceptors (Lipinski definition) is 2. The van der Waals surface area contributed by atoms with Crippen LogP contribution < -0.4 is 10.6 Å². The van der Waals surface area contributed by atoms with Gasteiger partial charge in [-0.1, -0.05) is 22.0 Å². The quantitative estimate of drug-likeness (QED) is 0.887. The van der Waals surface area contributed by atoms with E-state index in [9.17, 15) is 4.79 Å². The Morgan fingerprint density at radius 2 is 2.26 bits per heavy atom. The molecule has 0 spiro atoms. The van der Waals surface area contributed by atoms with Crippen molar-refractivity contribution in [1.29, 1.82) is 0 Å². The lowest BCUT2D eigenvalue weighted by molar-refractivity contribution is -0.684. The van der Waals surface area contributed by atoms with E-state index in [-0.39, 0.29) is 11.9 Å². The number of anilines is 1. The van der Waals surface area contributed by atoms with Crippen LogP contribution in [-0.2, 0) is 4.79 Å². The second kappa shape index (κ2) is 6.54. The van der Waals surface area contributed by atoms with Crippen LogP contribution in [0.15, 0.2) is 51.6 Å². The first-order valence-electron chi connectivity index (χ1n) is 6.07. The molecule has 0 radical (unpaired) electrons. The van der Waals surface area contributed by atoms with Crippen LogP contribution in [0.25, 0.3) is 0 Å². The van der Waals surface area contributed by atoms with E-state index in [1.165, 1.54) is 0 Å². The molecular formula is C14H16BrN2O2+. The smallest absolute Gasteiger partial charge is 0.279 e. The van der Waals surface area contributed by atoms with Crippen LogP contribution in [0.3, 0.4) is 0 Å². The van der Waals surface area contributed by atoms with Gasteiger partial charge in [-0.3, -0.25) is 4.79 Å². The molecule has 0 aliphatic carbocycles. The fourth-order valence-corrected chi connectivity index (χ4v) is 2.13. The number of carbonyl (C=O) groups excluding carboxylic acids is 1. The van der Waals surface area contributed by atoms with Crippen LogP contribution in [0.2, 0.25) is 0 Å². The van der Waals surface area contributed by atoms with Gasteiger partial charge in [0.15, 0.2) is 12.3 Å². The van der Waals surface area contributed by atoms with Crippen molar-refractivity contribution in [2.75, 3.05) is 11.9 Å². The topological polar surface area (TPSA) is 58.9 Å². The molecule has 1 atom stereocenters. The van der Waals surface area contributed by atoms with Crippen LogP contribution in [0.5, 0.6) is 0 Å². The van der Waals surface area contributed by atoms with E-state index in [2.05, 4.69) is 21.2 Å². The average molecular weight is 324 g/mol. The van der Waals surface area contributed by atoms with Gasteiger partial charge in [0.25, 0.3) is 5.91 Å². The first-order chi connectivity index (χ1) is 9.15. The molecule has 1 aromatic heterocycles. The third-order valence-electron chi connectivity index (χ3n) is 2.76. The Morgan fingerprint density at radius 3 is 2.95 bits per heavy atom. The lowest BCUT2D eigenvalue weighted by atomic mass is 10.2. The molecule has 0 aliphatic rings. The van der Waals surface area contributed by atoms with E-state index in [0.29, 0.717) is 6.54 Å². The van der Waals surface area contributed by atoms with Crippen molar-refractivity contribution >= 4 is 27.5 Å². The first kappa shape index (κ1) is 13.8. The Bertz CT molecular complexity index is 540. The molecule has 4 nitrogen and oxygen atoms in total. The lowest BCUT2D eigenvalue weighted by Gasteiger charge is -2.08. The van der Waals surface area contributed by atoms with Crippen LogP contribution >= 0.6 is 15.9 Å². The third kappa shape index (κ3) is 4.22. The molecule has 0 saturated carbocycles. The SMILES string of the molecule is C[C@@H]([NH2+]CC(=O)Nc1cccc(Br)c1)c1ccco1. The molecule has 0 fully saturated rings. The zero-order valence-corrected chi connectivity index (χ0v) is 12.2. The summed E-state index contributed by atoms with van der Waals surface area (Å²) in [7, 11) is 0. The van der Waals surface area contributed by atoms with Crippen molar-refractivity contribution in [2.24, 2.45) is 0 Å². The Morgan fingerprint density at radius 1 is 1.42 bits per heavy atom. The van der Waals surface area contributed by atoms with Gasteiger partial charge in [-0.2, -0.15) is 0 Å². The standard InChI is InChI=1S/C14H15BrN2O2/c1-10(13-6-3-7-19-13)16-9-14(18)17-12-5-2-4-11(15)8-12/h2-8,10,16H,9H2,1H3,(H,17,18)/p+1/t10-/m1/s1. The number of halogens is 1. The fourth-order valence-electron chi connectivity index (χ4n) is 1.73. The van der Waals surface area contributed by atoms with Gasteiger partial charge in [-0.25, -0.2) is 0 Å². The van der Waals surface area contributed by atoms with Gasteiger partial charge < -0.3 is 15.1 Å². The predicted molar refractivity (Wildman–Crippen MR) is 76.7 cm³/mol. The molecule has 2 aromatic rings. The Balaban J connectivity index is 1.82. The van der Waals surface area contributed by atoms with Crippen LogP contribution in [0.4, 0.5) is 5.69 Å². The van der Waals surface area contributed by atoms with Crippen LogP contribution in [-0.4, -0.2) is 12.5 Å². The molecule has 2 rings (SSSR count). The molecule has 0 saturated heterocycles. The molecule has 0 aliphatic heterocycles. The van der Waals surface area contributed by atoms with Crippen LogP contribution in [0, 0.1) is 0 Å². The molecule has 1 amide bonds. The summed E-state index contributed by atoms with van der Waals surface area (Å²) in [5, 5.41) is 4.79. The number of hydrogen-bond donors (Lipinski definition) is 2. The highest BCUT2D eigenvalue weighted by Gasteiger charge is 2.13. The van der Waals surface area contributed by atoms with Crippen molar-refractivity contribution in [3.63, 3.8) is 0 Å². The van der Waals surface area contributed by atoms with Gasteiger partial charge in [0, 0.05) is 10.2 Å². The number of benzene rings is 1. The highest BCUT2D eigenvalue weighted by molar-refractivity contribution is 9.10. The maximum atomic E-state index is 11.8. The Hall–Kier alpha value is -1.59. The highest BCUT2D eigenvalue weighted by atomic mass is 79.9. The minimum atomic E-state index is -0.0310. The summed E-state index contributed by atoms with van der Waals surface area (Å²) in [5.74, 6) is 0.840. The maximum absolute atomic E-state index is 11.8. The Kier molecular flexibility index (Phi) is 4.76. The molecule has 0 unspecified atom stereocenters. The zero-order chi connectivity index (χ0) is 13.7. The molecule has 0 bridgehead atoms. The van der Waals surface area contributed by atoms with E-state index in [4.69, 9.17) is 4.42 Å². The monoisotopic (exact) mass is 323 g/mol. The minimum Gasteiger partial charge on any atom is -0.463 e. The highest BCUT2D eigenvalue weighted by Crippen LogP contribution is 2.15. The van der Waals surface area contributed by atoms with Gasteiger partial charge in [-0.05, 0) is 37.3 Å². The van der Waals surface area contributed by atoms with Gasteiger partial charge in [-0.15, -0.1) is 0 Å². The summed E-state index contributed by atoms with van der Waals surface area (Å²) in [6.45, 7) is 2.36. The van der Waals surface area contributed by atoms with E-state index >= 15 is 0 Å². The summed E-state index contributed by atoms with van der Waals surface area (Å²) in [4.78, 5) is 11.8. The summed E-state index contributed by atoms with van der Waals surface area (Å²) >= 11 is 3.37. The third-order valence-corrected chi connectivity index (χ3v) is 3.25. The molecule has 5 heteroatoms.